The molecule has 0 saturated heterocycles. The maximum atomic E-state index is 5.33. The van der Waals surface area contributed by atoms with Crippen molar-refractivity contribution in [1.29, 1.82) is 0 Å². The third-order valence-electron chi connectivity index (χ3n) is 1.66. The van der Waals surface area contributed by atoms with Gasteiger partial charge in [-0.1, -0.05) is 19.0 Å². The average Bonchev–Trinajstić information content (AvgIpc) is 2.63. The SMILES string of the molecule is CC(C)NCCCOCc1ncon1. The van der Waals surface area contributed by atoms with Gasteiger partial charge in [-0.2, -0.15) is 4.98 Å². The number of ether oxygens (including phenoxy) is 1. The molecule has 1 N–H and O–H groups in total. The van der Waals surface area contributed by atoms with Crippen molar-refractivity contribution in [2.45, 2.75) is 32.9 Å². The van der Waals surface area contributed by atoms with Crippen molar-refractivity contribution in [2.75, 3.05) is 13.2 Å². The highest BCUT2D eigenvalue weighted by Crippen LogP contribution is 1.92. The lowest BCUT2D eigenvalue weighted by Gasteiger charge is -2.07. The van der Waals surface area contributed by atoms with Crippen molar-refractivity contribution in [3.05, 3.63) is 12.2 Å². The van der Waals surface area contributed by atoms with E-state index in [2.05, 4.69) is 33.8 Å². The minimum Gasteiger partial charge on any atom is -0.373 e. The molecule has 1 aromatic heterocycles. The van der Waals surface area contributed by atoms with Crippen LogP contribution in [0.25, 0.3) is 0 Å². The van der Waals surface area contributed by atoms with Crippen LogP contribution in [0.2, 0.25) is 0 Å². The van der Waals surface area contributed by atoms with Crippen LogP contribution in [0.15, 0.2) is 10.9 Å². The van der Waals surface area contributed by atoms with E-state index in [-0.39, 0.29) is 0 Å². The van der Waals surface area contributed by atoms with Gasteiger partial charge < -0.3 is 14.6 Å². The van der Waals surface area contributed by atoms with Gasteiger partial charge in [-0.05, 0) is 13.0 Å². The standard InChI is InChI=1S/C9H17N3O2/c1-8(2)10-4-3-5-13-6-9-11-7-14-12-9/h7-8,10H,3-6H2,1-2H3. The predicted octanol–water partition coefficient (Wildman–Crippen LogP) is 0.974. The van der Waals surface area contributed by atoms with Crippen molar-refractivity contribution < 1.29 is 9.26 Å². The van der Waals surface area contributed by atoms with E-state index in [4.69, 9.17) is 4.74 Å². The lowest BCUT2D eigenvalue weighted by molar-refractivity contribution is 0.111. The summed E-state index contributed by atoms with van der Waals surface area (Å²) in [5, 5.41) is 6.94. The summed E-state index contributed by atoms with van der Waals surface area (Å²) in [4.78, 5) is 3.84. The van der Waals surface area contributed by atoms with E-state index >= 15 is 0 Å². The molecule has 1 rings (SSSR count). The Morgan fingerprint density at radius 3 is 3.07 bits per heavy atom. The van der Waals surface area contributed by atoms with Gasteiger partial charge in [0.2, 0.25) is 6.39 Å². The molecule has 1 aromatic rings. The highest BCUT2D eigenvalue weighted by Gasteiger charge is 1.97. The van der Waals surface area contributed by atoms with Gasteiger partial charge in [0.05, 0.1) is 0 Å². The Bertz CT molecular complexity index is 224. The first-order valence-corrected chi connectivity index (χ1v) is 4.85. The number of hydrogen-bond donors (Lipinski definition) is 1. The summed E-state index contributed by atoms with van der Waals surface area (Å²) in [5.74, 6) is 0.599. The molecule has 0 radical (unpaired) electrons. The fourth-order valence-corrected chi connectivity index (χ4v) is 0.984. The minimum absolute atomic E-state index is 0.429. The Labute approximate surface area is 83.8 Å². The summed E-state index contributed by atoms with van der Waals surface area (Å²) < 4.78 is 9.91. The maximum absolute atomic E-state index is 5.33. The zero-order chi connectivity index (χ0) is 10.2. The van der Waals surface area contributed by atoms with Gasteiger partial charge in [0, 0.05) is 12.6 Å². The molecular weight excluding hydrogens is 182 g/mol. The lowest BCUT2D eigenvalue weighted by atomic mass is 10.3. The first kappa shape index (κ1) is 11.1. The van der Waals surface area contributed by atoms with E-state index in [9.17, 15) is 0 Å². The van der Waals surface area contributed by atoms with Gasteiger partial charge in [-0.3, -0.25) is 0 Å². The molecule has 0 unspecified atom stereocenters. The van der Waals surface area contributed by atoms with Crippen LogP contribution in [-0.4, -0.2) is 29.3 Å². The molecule has 0 fully saturated rings. The van der Waals surface area contributed by atoms with Gasteiger partial charge in [0.25, 0.3) is 0 Å². The lowest BCUT2D eigenvalue weighted by Crippen LogP contribution is -2.24. The molecule has 5 nitrogen and oxygen atoms in total. The summed E-state index contributed by atoms with van der Waals surface area (Å²) >= 11 is 0. The third-order valence-corrected chi connectivity index (χ3v) is 1.66. The van der Waals surface area contributed by atoms with Gasteiger partial charge in [0.1, 0.15) is 6.61 Å². The van der Waals surface area contributed by atoms with Crippen LogP contribution in [-0.2, 0) is 11.3 Å². The number of rotatable bonds is 7. The summed E-state index contributed by atoms with van der Waals surface area (Å²) in [5.41, 5.74) is 0. The second-order valence-electron chi connectivity index (χ2n) is 3.36. The largest absolute Gasteiger partial charge is 0.373 e. The molecule has 0 aliphatic rings. The number of nitrogens with zero attached hydrogens (tertiary/aromatic N) is 2. The smallest absolute Gasteiger partial charge is 0.213 e. The molecule has 0 atom stereocenters. The van der Waals surface area contributed by atoms with Crippen LogP contribution in [0.4, 0.5) is 0 Å². The highest BCUT2D eigenvalue weighted by molar-refractivity contribution is 4.72. The molecule has 0 bridgehead atoms. The Hall–Kier alpha value is -0.940. The molecule has 0 aliphatic heterocycles. The van der Waals surface area contributed by atoms with Gasteiger partial charge in [-0.15, -0.1) is 0 Å². The van der Waals surface area contributed by atoms with E-state index in [1.165, 1.54) is 6.39 Å². The van der Waals surface area contributed by atoms with Crippen LogP contribution in [0.1, 0.15) is 26.1 Å². The molecule has 5 heteroatoms. The molecule has 0 amide bonds. The minimum atomic E-state index is 0.429. The maximum Gasteiger partial charge on any atom is 0.213 e. The molecule has 0 saturated carbocycles. The Morgan fingerprint density at radius 2 is 2.43 bits per heavy atom. The van der Waals surface area contributed by atoms with E-state index in [0.29, 0.717) is 25.1 Å². The number of aromatic nitrogens is 2. The normalized spacial score (nSPS) is 11.1. The Morgan fingerprint density at radius 1 is 1.57 bits per heavy atom. The van der Waals surface area contributed by atoms with Gasteiger partial charge in [-0.25, -0.2) is 0 Å². The quantitative estimate of drug-likeness (QED) is 0.663. The predicted molar refractivity (Wildman–Crippen MR) is 51.7 cm³/mol. The summed E-state index contributed by atoms with van der Waals surface area (Å²) in [6, 6.07) is 0.534. The van der Waals surface area contributed by atoms with Gasteiger partial charge >= 0.3 is 0 Å². The fourth-order valence-electron chi connectivity index (χ4n) is 0.984. The van der Waals surface area contributed by atoms with Crippen LogP contribution in [0.5, 0.6) is 0 Å². The average molecular weight is 199 g/mol. The van der Waals surface area contributed by atoms with Crippen molar-refractivity contribution in [3.8, 4) is 0 Å². The molecule has 0 spiro atoms. The molecule has 0 aliphatic carbocycles. The van der Waals surface area contributed by atoms with Crippen molar-refractivity contribution >= 4 is 0 Å². The molecular formula is C9H17N3O2. The first-order chi connectivity index (χ1) is 6.79. The van der Waals surface area contributed by atoms with Crippen LogP contribution in [0, 0.1) is 0 Å². The zero-order valence-corrected chi connectivity index (χ0v) is 8.69. The fraction of sp³-hybridized carbons (Fsp3) is 0.778. The van der Waals surface area contributed by atoms with E-state index < -0.39 is 0 Å². The van der Waals surface area contributed by atoms with Crippen LogP contribution in [0.3, 0.4) is 0 Å². The molecule has 0 aromatic carbocycles. The van der Waals surface area contributed by atoms with E-state index in [1.807, 2.05) is 0 Å². The second-order valence-corrected chi connectivity index (χ2v) is 3.36. The van der Waals surface area contributed by atoms with Gasteiger partial charge in [0.15, 0.2) is 5.82 Å². The monoisotopic (exact) mass is 199 g/mol. The zero-order valence-electron chi connectivity index (χ0n) is 8.69. The van der Waals surface area contributed by atoms with Crippen LogP contribution < -0.4 is 5.32 Å². The van der Waals surface area contributed by atoms with E-state index in [0.717, 1.165) is 13.0 Å². The summed E-state index contributed by atoms with van der Waals surface area (Å²) in [6.45, 7) is 6.37. The van der Waals surface area contributed by atoms with Crippen molar-refractivity contribution in [2.24, 2.45) is 0 Å². The summed E-state index contributed by atoms with van der Waals surface area (Å²) in [7, 11) is 0. The third kappa shape index (κ3) is 4.94. The second kappa shape index (κ2) is 6.50. The summed E-state index contributed by atoms with van der Waals surface area (Å²) in [6.07, 6.45) is 2.30. The molecule has 80 valence electrons. The topological polar surface area (TPSA) is 60.2 Å². The van der Waals surface area contributed by atoms with Crippen molar-refractivity contribution in [1.82, 2.24) is 15.5 Å². The van der Waals surface area contributed by atoms with Crippen LogP contribution >= 0.6 is 0 Å². The number of hydrogen-bond acceptors (Lipinski definition) is 5. The molecule has 1 heterocycles. The van der Waals surface area contributed by atoms with E-state index in [1.54, 1.807) is 0 Å². The number of nitrogens with one attached hydrogen (secondary N) is 1. The first-order valence-electron chi connectivity index (χ1n) is 4.85. The molecule has 14 heavy (non-hydrogen) atoms. The Kier molecular flexibility index (Phi) is 5.17. The highest BCUT2D eigenvalue weighted by atomic mass is 16.5. The van der Waals surface area contributed by atoms with Crippen molar-refractivity contribution in [3.63, 3.8) is 0 Å². The Balaban J connectivity index is 1.90.